The van der Waals surface area contributed by atoms with Gasteiger partial charge in [0.2, 0.25) is 0 Å². The molecule has 0 aliphatic carbocycles. The van der Waals surface area contributed by atoms with E-state index in [1.807, 2.05) is 36.4 Å². The molecule has 146 valence electrons. The van der Waals surface area contributed by atoms with E-state index in [1.165, 1.54) is 19.3 Å². The van der Waals surface area contributed by atoms with Crippen molar-refractivity contribution in [3.05, 3.63) is 54.1 Å². The highest BCUT2D eigenvalue weighted by Crippen LogP contribution is 2.20. The molecule has 4 nitrogen and oxygen atoms in total. The Labute approximate surface area is 162 Å². The molecule has 0 aliphatic heterocycles. The highest BCUT2D eigenvalue weighted by Gasteiger charge is 2.08. The SMILES string of the molecule is CCCCCCOc1cccc(NC(=O)c2cccc(OCC(C)C)c2)c1. The van der Waals surface area contributed by atoms with E-state index in [1.54, 1.807) is 12.1 Å². The van der Waals surface area contributed by atoms with Crippen molar-refractivity contribution in [1.82, 2.24) is 0 Å². The van der Waals surface area contributed by atoms with Crippen molar-refractivity contribution in [3.8, 4) is 11.5 Å². The zero-order valence-corrected chi connectivity index (χ0v) is 16.7. The standard InChI is InChI=1S/C23H31NO3/c1-4-5-6-7-14-26-22-13-9-11-20(16-22)24-23(25)19-10-8-12-21(15-19)27-17-18(2)3/h8-13,15-16,18H,4-7,14,17H2,1-3H3,(H,24,25). The molecule has 0 spiro atoms. The third kappa shape index (κ3) is 7.73. The Kier molecular flexibility index (Phi) is 8.69. The molecule has 0 aliphatic rings. The van der Waals surface area contributed by atoms with Crippen LogP contribution in [-0.4, -0.2) is 19.1 Å². The van der Waals surface area contributed by atoms with Crippen molar-refractivity contribution < 1.29 is 14.3 Å². The first-order valence-corrected chi connectivity index (χ1v) is 9.85. The quantitative estimate of drug-likeness (QED) is 0.499. The number of hydrogen-bond acceptors (Lipinski definition) is 3. The smallest absolute Gasteiger partial charge is 0.255 e. The molecule has 0 unspecified atom stereocenters. The Bertz CT molecular complexity index is 712. The lowest BCUT2D eigenvalue weighted by Crippen LogP contribution is -2.12. The van der Waals surface area contributed by atoms with Crippen molar-refractivity contribution in [2.45, 2.75) is 46.5 Å². The minimum Gasteiger partial charge on any atom is -0.494 e. The molecule has 2 aromatic rings. The fraction of sp³-hybridized carbons (Fsp3) is 0.435. The molecule has 0 saturated carbocycles. The average Bonchev–Trinajstić information content (AvgIpc) is 2.67. The molecular weight excluding hydrogens is 338 g/mol. The molecule has 1 N–H and O–H groups in total. The van der Waals surface area contributed by atoms with Gasteiger partial charge in [0.15, 0.2) is 0 Å². The van der Waals surface area contributed by atoms with E-state index in [0.717, 1.165) is 17.9 Å². The number of carbonyl (C=O) groups is 1. The summed E-state index contributed by atoms with van der Waals surface area (Å²) in [7, 11) is 0. The minimum absolute atomic E-state index is 0.162. The Morgan fingerprint density at radius 1 is 0.963 bits per heavy atom. The maximum absolute atomic E-state index is 12.5. The molecule has 1 amide bonds. The van der Waals surface area contributed by atoms with Crippen LogP contribution in [0.2, 0.25) is 0 Å². The topological polar surface area (TPSA) is 47.6 Å². The second-order valence-electron chi connectivity index (χ2n) is 7.12. The number of benzene rings is 2. The normalized spacial score (nSPS) is 10.7. The zero-order valence-electron chi connectivity index (χ0n) is 16.7. The molecule has 0 saturated heterocycles. The monoisotopic (exact) mass is 369 g/mol. The van der Waals surface area contributed by atoms with Gasteiger partial charge in [0.05, 0.1) is 13.2 Å². The first-order valence-electron chi connectivity index (χ1n) is 9.85. The third-order valence-electron chi connectivity index (χ3n) is 4.04. The van der Waals surface area contributed by atoms with Gasteiger partial charge >= 0.3 is 0 Å². The van der Waals surface area contributed by atoms with E-state index in [0.29, 0.717) is 30.4 Å². The molecule has 0 atom stereocenters. The number of ether oxygens (including phenoxy) is 2. The fourth-order valence-corrected chi connectivity index (χ4v) is 2.58. The molecule has 0 radical (unpaired) electrons. The highest BCUT2D eigenvalue weighted by molar-refractivity contribution is 6.04. The fourth-order valence-electron chi connectivity index (χ4n) is 2.58. The predicted molar refractivity (Wildman–Crippen MR) is 111 cm³/mol. The number of unbranched alkanes of at least 4 members (excludes halogenated alkanes) is 3. The van der Waals surface area contributed by atoms with Crippen molar-refractivity contribution >= 4 is 11.6 Å². The van der Waals surface area contributed by atoms with Crippen LogP contribution in [0.25, 0.3) is 0 Å². The van der Waals surface area contributed by atoms with Crippen LogP contribution in [0.1, 0.15) is 56.8 Å². The summed E-state index contributed by atoms with van der Waals surface area (Å²) >= 11 is 0. The molecule has 0 bridgehead atoms. The van der Waals surface area contributed by atoms with Gasteiger partial charge < -0.3 is 14.8 Å². The Balaban J connectivity index is 1.91. The summed E-state index contributed by atoms with van der Waals surface area (Å²) in [5, 5.41) is 2.93. The highest BCUT2D eigenvalue weighted by atomic mass is 16.5. The van der Waals surface area contributed by atoms with E-state index in [9.17, 15) is 4.79 Å². The lowest BCUT2D eigenvalue weighted by atomic mass is 10.2. The summed E-state index contributed by atoms with van der Waals surface area (Å²) < 4.78 is 11.5. The maximum Gasteiger partial charge on any atom is 0.255 e. The largest absolute Gasteiger partial charge is 0.494 e. The first kappa shape index (κ1) is 20.8. The summed E-state index contributed by atoms with van der Waals surface area (Å²) in [5.74, 6) is 1.76. The number of amides is 1. The number of nitrogens with one attached hydrogen (secondary N) is 1. The van der Waals surface area contributed by atoms with Gasteiger partial charge in [-0.15, -0.1) is 0 Å². The van der Waals surface area contributed by atoms with Crippen LogP contribution >= 0.6 is 0 Å². The Morgan fingerprint density at radius 2 is 1.70 bits per heavy atom. The van der Waals surface area contributed by atoms with E-state index in [4.69, 9.17) is 9.47 Å². The Hall–Kier alpha value is -2.49. The van der Waals surface area contributed by atoms with Gasteiger partial charge in [-0.2, -0.15) is 0 Å². The van der Waals surface area contributed by atoms with Gasteiger partial charge in [-0.05, 0) is 42.7 Å². The number of rotatable bonds is 11. The van der Waals surface area contributed by atoms with E-state index < -0.39 is 0 Å². The van der Waals surface area contributed by atoms with Crippen molar-refractivity contribution in [1.29, 1.82) is 0 Å². The molecule has 0 heterocycles. The van der Waals surface area contributed by atoms with Gasteiger partial charge in [0, 0.05) is 17.3 Å². The second-order valence-corrected chi connectivity index (χ2v) is 7.12. The van der Waals surface area contributed by atoms with Gasteiger partial charge in [-0.1, -0.05) is 52.2 Å². The number of anilines is 1. The number of hydrogen-bond donors (Lipinski definition) is 1. The van der Waals surface area contributed by atoms with Crippen LogP contribution in [0.4, 0.5) is 5.69 Å². The first-order chi connectivity index (χ1) is 13.1. The Morgan fingerprint density at radius 3 is 2.44 bits per heavy atom. The van der Waals surface area contributed by atoms with Crippen molar-refractivity contribution in [2.24, 2.45) is 5.92 Å². The summed E-state index contributed by atoms with van der Waals surface area (Å²) in [6.07, 6.45) is 4.68. The zero-order chi connectivity index (χ0) is 19.5. The van der Waals surface area contributed by atoms with E-state index >= 15 is 0 Å². The van der Waals surface area contributed by atoms with E-state index in [2.05, 4.69) is 26.1 Å². The molecule has 0 aromatic heterocycles. The third-order valence-corrected chi connectivity index (χ3v) is 4.04. The summed E-state index contributed by atoms with van der Waals surface area (Å²) in [4.78, 5) is 12.5. The van der Waals surface area contributed by atoms with Crippen LogP contribution in [-0.2, 0) is 0 Å². The van der Waals surface area contributed by atoms with Crippen molar-refractivity contribution in [2.75, 3.05) is 18.5 Å². The van der Waals surface area contributed by atoms with Gasteiger partial charge in [-0.25, -0.2) is 0 Å². The van der Waals surface area contributed by atoms with Gasteiger partial charge in [-0.3, -0.25) is 4.79 Å². The van der Waals surface area contributed by atoms with Crippen LogP contribution < -0.4 is 14.8 Å². The summed E-state index contributed by atoms with van der Waals surface area (Å²) in [6, 6.07) is 14.8. The van der Waals surface area contributed by atoms with Crippen LogP contribution in [0.15, 0.2) is 48.5 Å². The van der Waals surface area contributed by atoms with Crippen LogP contribution in [0, 0.1) is 5.92 Å². The van der Waals surface area contributed by atoms with Crippen molar-refractivity contribution in [3.63, 3.8) is 0 Å². The molecule has 27 heavy (non-hydrogen) atoms. The second kappa shape index (κ2) is 11.3. The minimum atomic E-state index is -0.162. The van der Waals surface area contributed by atoms with Crippen LogP contribution in [0.5, 0.6) is 11.5 Å². The average molecular weight is 370 g/mol. The lowest BCUT2D eigenvalue weighted by molar-refractivity contribution is 0.102. The molecule has 0 fully saturated rings. The van der Waals surface area contributed by atoms with Gasteiger partial charge in [0.25, 0.3) is 5.91 Å². The molecule has 2 aromatic carbocycles. The van der Waals surface area contributed by atoms with Crippen LogP contribution in [0.3, 0.4) is 0 Å². The maximum atomic E-state index is 12.5. The predicted octanol–water partition coefficient (Wildman–Crippen LogP) is 5.93. The number of carbonyl (C=O) groups excluding carboxylic acids is 1. The summed E-state index contributed by atoms with van der Waals surface area (Å²) in [6.45, 7) is 7.71. The molecular formula is C23H31NO3. The lowest BCUT2D eigenvalue weighted by Gasteiger charge is -2.11. The summed E-state index contributed by atoms with van der Waals surface area (Å²) in [5.41, 5.74) is 1.29. The van der Waals surface area contributed by atoms with Gasteiger partial charge in [0.1, 0.15) is 11.5 Å². The van der Waals surface area contributed by atoms with E-state index in [-0.39, 0.29) is 5.91 Å². The molecule has 4 heteroatoms. The molecule has 2 rings (SSSR count).